The smallest absolute Gasteiger partial charge is 0.123 e. The van der Waals surface area contributed by atoms with Crippen molar-refractivity contribution in [2.45, 2.75) is 19.0 Å². The second kappa shape index (κ2) is 3.42. The van der Waals surface area contributed by atoms with Crippen LogP contribution in [-0.2, 0) is 13.0 Å². The number of hydrogen-bond donors (Lipinski definition) is 1. The van der Waals surface area contributed by atoms with Crippen molar-refractivity contribution in [1.82, 2.24) is 5.32 Å². The van der Waals surface area contributed by atoms with Crippen molar-refractivity contribution in [3.8, 4) is 0 Å². The third-order valence-corrected chi connectivity index (χ3v) is 2.40. The fourth-order valence-electron chi connectivity index (χ4n) is 1.66. The van der Waals surface area contributed by atoms with E-state index < -0.39 is 6.67 Å². The summed E-state index contributed by atoms with van der Waals surface area (Å²) in [5.74, 6) is -0.238. The zero-order valence-corrected chi connectivity index (χ0v) is 7.19. The highest BCUT2D eigenvalue weighted by Crippen LogP contribution is 2.17. The minimum absolute atomic E-state index is 0.144. The predicted molar refractivity (Wildman–Crippen MR) is 46.7 cm³/mol. The van der Waals surface area contributed by atoms with Gasteiger partial charge in [-0.2, -0.15) is 0 Å². The summed E-state index contributed by atoms with van der Waals surface area (Å²) >= 11 is 0. The Morgan fingerprint density at radius 2 is 2.23 bits per heavy atom. The van der Waals surface area contributed by atoms with E-state index >= 15 is 0 Å². The second-order valence-electron chi connectivity index (χ2n) is 3.35. The Hall–Kier alpha value is -0.960. The summed E-state index contributed by atoms with van der Waals surface area (Å²) in [6, 6.07) is 4.55. The summed E-state index contributed by atoms with van der Waals surface area (Å²) in [5.41, 5.74) is 2.01. The Morgan fingerprint density at radius 3 is 3.00 bits per heavy atom. The molecule has 1 heterocycles. The van der Waals surface area contributed by atoms with Gasteiger partial charge in [0.15, 0.2) is 0 Å². The van der Waals surface area contributed by atoms with E-state index in [1.165, 1.54) is 12.1 Å². The highest BCUT2D eigenvalue weighted by Gasteiger charge is 2.17. The van der Waals surface area contributed by atoms with Gasteiger partial charge in [0.1, 0.15) is 12.5 Å². The number of halogens is 2. The molecule has 1 nitrogen and oxygen atoms in total. The predicted octanol–water partition coefficient (Wildman–Crippen LogP) is 1.81. The summed E-state index contributed by atoms with van der Waals surface area (Å²) in [5, 5.41) is 3.05. The lowest BCUT2D eigenvalue weighted by molar-refractivity contribution is 0.358. The Kier molecular flexibility index (Phi) is 2.27. The number of nitrogens with one attached hydrogen (secondary N) is 1. The van der Waals surface area contributed by atoms with Gasteiger partial charge < -0.3 is 5.32 Å². The quantitative estimate of drug-likeness (QED) is 0.700. The molecule has 1 aromatic rings. The number of hydrogen-bond acceptors (Lipinski definition) is 1. The molecule has 0 amide bonds. The first-order chi connectivity index (χ1) is 6.29. The molecule has 70 valence electrons. The molecule has 3 heteroatoms. The SMILES string of the molecule is FCC1Cc2cc(F)ccc2CN1. The van der Waals surface area contributed by atoms with Crippen molar-refractivity contribution in [3.63, 3.8) is 0 Å². The molecule has 1 aliphatic rings. The van der Waals surface area contributed by atoms with E-state index in [0.29, 0.717) is 13.0 Å². The molecule has 0 saturated carbocycles. The molecule has 1 N–H and O–H groups in total. The van der Waals surface area contributed by atoms with Crippen LogP contribution in [0.4, 0.5) is 8.78 Å². The highest BCUT2D eigenvalue weighted by molar-refractivity contribution is 5.30. The summed E-state index contributed by atoms with van der Waals surface area (Å²) in [7, 11) is 0. The van der Waals surface area contributed by atoms with Gasteiger partial charge in [-0.1, -0.05) is 6.07 Å². The molecular formula is C10H11F2N. The standard InChI is InChI=1S/C10H11F2N/c11-5-10-4-8-3-9(12)2-1-7(8)6-13-10/h1-3,10,13H,4-6H2. The maximum absolute atomic E-state index is 12.8. The van der Waals surface area contributed by atoms with Crippen LogP contribution in [0.25, 0.3) is 0 Å². The molecule has 0 radical (unpaired) electrons. The fraction of sp³-hybridized carbons (Fsp3) is 0.400. The molecule has 1 aromatic carbocycles. The first-order valence-corrected chi connectivity index (χ1v) is 4.36. The largest absolute Gasteiger partial charge is 0.307 e. The van der Waals surface area contributed by atoms with E-state index in [1.54, 1.807) is 6.07 Å². The monoisotopic (exact) mass is 183 g/mol. The van der Waals surface area contributed by atoms with Gasteiger partial charge in [0.05, 0.1) is 0 Å². The van der Waals surface area contributed by atoms with Crippen molar-refractivity contribution in [1.29, 1.82) is 0 Å². The maximum Gasteiger partial charge on any atom is 0.123 e. The van der Waals surface area contributed by atoms with Crippen molar-refractivity contribution in [3.05, 3.63) is 35.1 Å². The minimum atomic E-state index is -0.393. The van der Waals surface area contributed by atoms with Crippen molar-refractivity contribution < 1.29 is 8.78 Å². The Labute approximate surface area is 75.8 Å². The molecule has 0 aliphatic carbocycles. The minimum Gasteiger partial charge on any atom is -0.307 e. The average Bonchev–Trinajstić information content (AvgIpc) is 2.16. The summed E-state index contributed by atoms with van der Waals surface area (Å²) in [6.07, 6.45) is 0.587. The van der Waals surface area contributed by atoms with Crippen LogP contribution in [0.5, 0.6) is 0 Å². The van der Waals surface area contributed by atoms with Crippen LogP contribution in [0.2, 0.25) is 0 Å². The van der Waals surface area contributed by atoms with Crippen LogP contribution in [-0.4, -0.2) is 12.7 Å². The van der Waals surface area contributed by atoms with Crippen LogP contribution in [0.1, 0.15) is 11.1 Å². The van der Waals surface area contributed by atoms with Crippen LogP contribution in [0.15, 0.2) is 18.2 Å². The first kappa shape index (κ1) is 8.63. The fourth-order valence-corrected chi connectivity index (χ4v) is 1.66. The third kappa shape index (κ3) is 1.70. The van der Waals surface area contributed by atoms with Gasteiger partial charge in [0.2, 0.25) is 0 Å². The van der Waals surface area contributed by atoms with Gasteiger partial charge in [-0.3, -0.25) is 0 Å². The topological polar surface area (TPSA) is 12.0 Å². The van der Waals surface area contributed by atoms with Crippen molar-refractivity contribution in [2.24, 2.45) is 0 Å². The maximum atomic E-state index is 12.8. The van der Waals surface area contributed by atoms with Gasteiger partial charge in [0.25, 0.3) is 0 Å². The van der Waals surface area contributed by atoms with Crippen molar-refractivity contribution >= 4 is 0 Å². The second-order valence-corrected chi connectivity index (χ2v) is 3.35. The molecule has 0 spiro atoms. The van der Waals surface area contributed by atoms with Crippen LogP contribution >= 0.6 is 0 Å². The van der Waals surface area contributed by atoms with Gasteiger partial charge in [-0.25, -0.2) is 8.78 Å². The molecule has 13 heavy (non-hydrogen) atoms. The number of benzene rings is 1. The molecule has 0 aromatic heterocycles. The highest BCUT2D eigenvalue weighted by atomic mass is 19.1. The molecule has 0 saturated heterocycles. The van der Waals surface area contributed by atoms with Crippen LogP contribution < -0.4 is 5.32 Å². The van der Waals surface area contributed by atoms with Crippen LogP contribution in [0.3, 0.4) is 0 Å². The van der Waals surface area contributed by atoms with Gasteiger partial charge in [-0.05, 0) is 29.7 Å². The van der Waals surface area contributed by atoms with Gasteiger partial charge in [0, 0.05) is 12.6 Å². The van der Waals surface area contributed by atoms with E-state index in [4.69, 9.17) is 0 Å². The molecule has 0 fully saturated rings. The number of rotatable bonds is 1. The molecule has 1 unspecified atom stereocenters. The lowest BCUT2D eigenvalue weighted by Gasteiger charge is -2.23. The van der Waals surface area contributed by atoms with E-state index in [2.05, 4.69) is 5.32 Å². The zero-order valence-electron chi connectivity index (χ0n) is 7.19. The number of fused-ring (bicyclic) bond motifs is 1. The Balaban J connectivity index is 2.27. The van der Waals surface area contributed by atoms with E-state index in [9.17, 15) is 8.78 Å². The molecule has 2 rings (SSSR count). The average molecular weight is 183 g/mol. The van der Waals surface area contributed by atoms with Gasteiger partial charge in [-0.15, -0.1) is 0 Å². The normalized spacial score (nSPS) is 21.2. The third-order valence-electron chi connectivity index (χ3n) is 2.40. The molecular weight excluding hydrogens is 172 g/mol. The summed E-state index contributed by atoms with van der Waals surface area (Å²) in [6.45, 7) is 0.250. The summed E-state index contributed by atoms with van der Waals surface area (Å²) < 4.78 is 25.1. The first-order valence-electron chi connectivity index (χ1n) is 4.36. The number of alkyl halides is 1. The van der Waals surface area contributed by atoms with Crippen molar-refractivity contribution in [2.75, 3.05) is 6.67 Å². The van der Waals surface area contributed by atoms with Gasteiger partial charge >= 0.3 is 0 Å². The van der Waals surface area contributed by atoms with E-state index in [1.807, 2.05) is 0 Å². The van der Waals surface area contributed by atoms with E-state index in [-0.39, 0.29) is 11.9 Å². The Bertz CT molecular complexity index is 312. The molecule has 1 aliphatic heterocycles. The van der Waals surface area contributed by atoms with Crippen LogP contribution in [0, 0.1) is 5.82 Å². The summed E-state index contributed by atoms with van der Waals surface area (Å²) in [4.78, 5) is 0. The zero-order chi connectivity index (χ0) is 9.26. The molecule has 0 bridgehead atoms. The lowest BCUT2D eigenvalue weighted by atomic mass is 9.96. The van der Waals surface area contributed by atoms with E-state index in [0.717, 1.165) is 11.1 Å². The lowest BCUT2D eigenvalue weighted by Crippen LogP contribution is -2.37. The Morgan fingerprint density at radius 1 is 1.38 bits per heavy atom. The molecule has 1 atom stereocenters.